The largest absolute Gasteiger partial charge is 0.356 e. The Morgan fingerprint density at radius 3 is 2.92 bits per heavy atom. The third kappa shape index (κ3) is 5.78. The number of likely N-dealkylation sites (tertiary alicyclic amines) is 1. The molecular formula is C19H31FN4. The van der Waals surface area contributed by atoms with Crippen LogP contribution in [0.1, 0.15) is 30.9 Å². The van der Waals surface area contributed by atoms with Crippen LogP contribution in [-0.4, -0.2) is 50.6 Å². The molecule has 1 atom stereocenters. The van der Waals surface area contributed by atoms with E-state index in [1.165, 1.54) is 37.6 Å². The third-order valence-electron chi connectivity index (χ3n) is 4.82. The number of piperidine rings is 1. The zero-order valence-corrected chi connectivity index (χ0v) is 15.2. The molecule has 1 saturated heterocycles. The Labute approximate surface area is 145 Å². The van der Waals surface area contributed by atoms with E-state index in [0.717, 1.165) is 37.6 Å². The Bertz CT molecular complexity index is 544. The van der Waals surface area contributed by atoms with Crippen molar-refractivity contribution in [1.29, 1.82) is 0 Å². The highest BCUT2D eigenvalue weighted by Crippen LogP contribution is 2.15. The van der Waals surface area contributed by atoms with Crippen LogP contribution in [0.3, 0.4) is 0 Å². The van der Waals surface area contributed by atoms with Crippen LogP contribution >= 0.6 is 0 Å². The summed E-state index contributed by atoms with van der Waals surface area (Å²) in [5.74, 6) is 1.37. The van der Waals surface area contributed by atoms with Crippen molar-refractivity contribution in [2.45, 2.75) is 33.1 Å². The Hall–Kier alpha value is -1.62. The summed E-state index contributed by atoms with van der Waals surface area (Å²) in [5, 5.41) is 6.80. The van der Waals surface area contributed by atoms with Crippen LogP contribution in [0.15, 0.2) is 23.2 Å². The summed E-state index contributed by atoms with van der Waals surface area (Å²) in [7, 11) is 1.80. The van der Waals surface area contributed by atoms with E-state index in [2.05, 4.69) is 27.4 Å². The molecule has 24 heavy (non-hydrogen) atoms. The van der Waals surface area contributed by atoms with Crippen molar-refractivity contribution in [3.63, 3.8) is 0 Å². The number of aliphatic imine (C=N–C) groups is 1. The highest BCUT2D eigenvalue weighted by Gasteiger charge is 2.18. The van der Waals surface area contributed by atoms with Crippen LogP contribution in [-0.2, 0) is 6.42 Å². The number of aryl methyl sites for hydroxylation is 1. The zero-order valence-electron chi connectivity index (χ0n) is 15.2. The maximum absolute atomic E-state index is 13.1. The monoisotopic (exact) mass is 334 g/mol. The van der Waals surface area contributed by atoms with Crippen molar-refractivity contribution in [1.82, 2.24) is 15.5 Å². The second-order valence-corrected chi connectivity index (χ2v) is 6.60. The van der Waals surface area contributed by atoms with E-state index < -0.39 is 0 Å². The van der Waals surface area contributed by atoms with Gasteiger partial charge in [-0.2, -0.15) is 0 Å². The number of nitrogens with one attached hydrogen (secondary N) is 2. The first kappa shape index (κ1) is 18.7. The number of hydrogen-bond donors (Lipinski definition) is 2. The van der Waals surface area contributed by atoms with E-state index in [9.17, 15) is 4.39 Å². The van der Waals surface area contributed by atoms with Gasteiger partial charge in [0.2, 0.25) is 0 Å². The number of benzene rings is 1. The first-order valence-corrected chi connectivity index (χ1v) is 9.04. The topological polar surface area (TPSA) is 39.7 Å². The van der Waals surface area contributed by atoms with Crippen LogP contribution in [0.2, 0.25) is 0 Å². The first-order valence-electron chi connectivity index (χ1n) is 9.04. The van der Waals surface area contributed by atoms with Gasteiger partial charge >= 0.3 is 0 Å². The van der Waals surface area contributed by atoms with Crippen LogP contribution < -0.4 is 10.6 Å². The Morgan fingerprint density at radius 1 is 1.38 bits per heavy atom. The molecule has 1 heterocycles. The molecule has 0 spiro atoms. The molecule has 2 N–H and O–H groups in total. The Balaban J connectivity index is 1.72. The van der Waals surface area contributed by atoms with Crippen LogP contribution in [0.5, 0.6) is 0 Å². The molecule has 1 unspecified atom stereocenters. The minimum Gasteiger partial charge on any atom is -0.356 e. The lowest BCUT2D eigenvalue weighted by molar-refractivity contribution is 0.183. The summed E-state index contributed by atoms with van der Waals surface area (Å²) in [4.78, 5) is 6.82. The van der Waals surface area contributed by atoms with Crippen molar-refractivity contribution < 1.29 is 4.39 Å². The third-order valence-corrected chi connectivity index (χ3v) is 4.82. The van der Waals surface area contributed by atoms with Gasteiger partial charge in [0.05, 0.1) is 0 Å². The second-order valence-electron chi connectivity index (χ2n) is 6.60. The molecule has 1 fully saturated rings. The first-order chi connectivity index (χ1) is 11.6. The molecule has 0 saturated carbocycles. The SMILES string of the molecule is CCN1CCCC(CNC(=NC)NCCc2ccc(F)cc2C)C1. The molecule has 0 bridgehead atoms. The summed E-state index contributed by atoms with van der Waals surface area (Å²) < 4.78 is 13.1. The zero-order chi connectivity index (χ0) is 17.4. The van der Waals surface area contributed by atoms with Crippen LogP contribution in [0.25, 0.3) is 0 Å². The predicted octanol–water partition coefficient (Wildman–Crippen LogP) is 2.57. The van der Waals surface area contributed by atoms with Crippen LogP contribution in [0.4, 0.5) is 4.39 Å². The molecule has 0 aromatic heterocycles. The quantitative estimate of drug-likeness (QED) is 0.620. The number of guanidine groups is 1. The summed E-state index contributed by atoms with van der Waals surface area (Å²) in [6.07, 6.45) is 3.44. The van der Waals surface area contributed by atoms with Crippen molar-refractivity contribution in [3.05, 3.63) is 35.1 Å². The number of halogens is 1. The summed E-state index contributed by atoms with van der Waals surface area (Å²) in [5.41, 5.74) is 2.17. The van der Waals surface area contributed by atoms with Gasteiger partial charge in [0.15, 0.2) is 5.96 Å². The normalized spacial score (nSPS) is 19.3. The minimum absolute atomic E-state index is 0.171. The standard InChI is InChI=1S/C19H31FN4/c1-4-24-11-5-6-16(14-24)13-23-19(21-3)22-10-9-17-7-8-18(20)12-15(17)2/h7-8,12,16H,4-6,9-11,13-14H2,1-3H3,(H2,21,22,23). The lowest BCUT2D eigenvalue weighted by Crippen LogP contribution is -2.44. The highest BCUT2D eigenvalue weighted by atomic mass is 19.1. The molecule has 1 aromatic rings. The highest BCUT2D eigenvalue weighted by molar-refractivity contribution is 5.79. The van der Waals surface area contributed by atoms with Gasteiger partial charge in [-0.25, -0.2) is 4.39 Å². The fourth-order valence-electron chi connectivity index (χ4n) is 3.32. The molecule has 4 nitrogen and oxygen atoms in total. The number of hydrogen-bond acceptors (Lipinski definition) is 2. The van der Waals surface area contributed by atoms with Gasteiger partial charge in [-0.3, -0.25) is 4.99 Å². The van der Waals surface area contributed by atoms with Crippen LogP contribution in [0, 0.1) is 18.7 Å². The van der Waals surface area contributed by atoms with Crippen molar-refractivity contribution in [3.8, 4) is 0 Å². The van der Waals surface area contributed by atoms with E-state index in [1.54, 1.807) is 13.1 Å². The lowest BCUT2D eigenvalue weighted by atomic mass is 9.98. The molecule has 0 radical (unpaired) electrons. The number of rotatable bonds is 6. The molecule has 2 rings (SSSR count). The molecule has 1 aromatic carbocycles. The van der Waals surface area contributed by atoms with E-state index in [0.29, 0.717) is 5.92 Å². The molecule has 5 heteroatoms. The van der Waals surface area contributed by atoms with Crippen molar-refractivity contribution in [2.24, 2.45) is 10.9 Å². The van der Waals surface area contributed by atoms with Crippen molar-refractivity contribution >= 4 is 5.96 Å². The Morgan fingerprint density at radius 2 is 2.21 bits per heavy atom. The van der Waals surface area contributed by atoms with E-state index in [4.69, 9.17) is 0 Å². The van der Waals surface area contributed by atoms with Gasteiger partial charge in [0, 0.05) is 26.7 Å². The molecule has 134 valence electrons. The van der Waals surface area contributed by atoms with Gasteiger partial charge in [0.25, 0.3) is 0 Å². The van der Waals surface area contributed by atoms with E-state index in [1.807, 2.05) is 13.0 Å². The van der Waals surface area contributed by atoms with Crippen molar-refractivity contribution in [2.75, 3.05) is 39.8 Å². The minimum atomic E-state index is -0.171. The van der Waals surface area contributed by atoms with E-state index >= 15 is 0 Å². The molecule has 0 aliphatic carbocycles. The maximum Gasteiger partial charge on any atom is 0.190 e. The fraction of sp³-hybridized carbons (Fsp3) is 0.632. The van der Waals surface area contributed by atoms with Gasteiger partial charge in [-0.05, 0) is 68.5 Å². The number of nitrogens with zero attached hydrogens (tertiary/aromatic N) is 2. The van der Waals surface area contributed by atoms with E-state index in [-0.39, 0.29) is 5.82 Å². The smallest absolute Gasteiger partial charge is 0.190 e. The molecule has 0 amide bonds. The molecular weight excluding hydrogens is 303 g/mol. The summed E-state index contributed by atoms with van der Waals surface area (Å²) in [6.45, 7) is 9.48. The van der Waals surface area contributed by atoms with Gasteiger partial charge in [-0.15, -0.1) is 0 Å². The maximum atomic E-state index is 13.1. The Kier molecular flexibility index (Phi) is 7.50. The summed E-state index contributed by atoms with van der Waals surface area (Å²) in [6, 6.07) is 4.98. The summed E-state index contributed by atoms with van der Waals surface area (Å²) >= 11 is 0. The predicted molar refractivity (Wildman–Crippen MR) is 99.0 cm³/mol. The average molecular weight is 334 g/mol. The lowest BCUT2D eigenvalue weighted by Gasteiger charge is -2.32. The average Bonchev–Trinajstić information content (AvgIpc) is 2.59. The molecule has 1 aliphatic rings. The van der Waals surface area contributed by atoms with Gasteiger partial charge in [-0.1, -0.05) is 13.0 Å². The second kappa shape index (κ2) is 9.62. The van der Waals surface area contributed by atoms with Gasteiger partial charge < -0.3 is 15.5 Å². The molecule has 1 aliphatic heterocycles. The van der Waals surface area contributed by atoms with Gasteiger partial charge in [0.1, 0.15) is 5.82 Å². The fourth-order valence-corrected chi connectivity index (χ4v) is 3.32.